The minimum Gasteiger partial charge on any atom is -0.335 e. The van der Waals surface area contributed by atoms with E-state index in [9.17, 15) is 4.79 Å². The Kier molecular flexibility index (Phi) is 6.12. The van der Waals surface area contributed by atoms with Gasteiger partial charge in [0.25, 0.3) is 0 Å². The van der Waals surface area contributed by atoms with E-state index in [0.29, 0.717) is 11.3 Å². The molecule has 142 valence electrons. The Labute approximate surface area is 162 Å². The molecule has 1 aliphatic carbocycles. The van der Waals surface area contributed by atoms with Crippen LogP contribution >= 0.6 is 24.8 Å². The molecule has 1 amide bonds. The van der Waals surface area contributed by atoms with Crippen LogP contribution in [-0.4, -0.2) is 40.2 Å². The molecule has 0 aromatic carbocycles. The predicted molar refractivity (Wildman–Crippen MR) is 104 cm³/mol. The van der Waals surface area contributed by atoms with E-state index in [4.69, 9.17) is 0 Å². The van der Waals surface area contributed by atoms with Crippen LogP contribution in [0, 0.1) is 25.2 Å². The number of likely N-dealkylation sites (tertiary alicyclic amines) is 1. The van der Waals surface area contributed by atoms with Gasteiger partial charge < -0.3 is 10.2 Å². The van der Waals surface area contributed by atoms with Crippen molar-refractivity contribution in [2.45, 2.75) is 52.0 Å². The molecule has 1 spiro atoms. The summed E-state index contributed by atoms with van der Waals surface area (Å²) in [5.41, 5.74) is 3.91. The van der Waals surface area contributed by atoms with Gasteiger partial charge in [-0.25, -0.2) is 0 Å². The summed E-state index contributed by atoms with van der Waals surface area (Å²) >= 11 is 0. The van der Waals surface area contributed by atoms with Gasteiger partial charge in [-0.1, -0.05) is 0 Å². The van der Waals surface area contributed by atoms with Gasteiger partial charge in [-0.3, -0.25) is 9.48 Å². The Morgan fingerprint density at radius 3 is 2.52 bits per heavy atom. The SMILES string of the molecule is Cc1nn(C)c(C)c1C1CCCN1C(=O)C1CC12CCNCC2.Cl.Cl. The molecule has 3 fully saturated rings. The molecular formula is C18H30Cl2N4O. The third-order valence-electron chi connectivity index (χ3n) is 6.52. The maximum Gasteiger partial charge on any atom is 0.226 e. The van der Waals surface area contributed by atoms with Crippen molar-refractivity contribution in [2.24, 2.45) is 18.4 Å². The van der Waals surface area contributed by atoms with Crippen LogP contribution in [0.1, 0.15) is 55.1 Å². The molecule has 1 aromatic heterocycles. The zero-order valence-electron chi connectivity index (χ0n) is 15.4. The van der Waals surface area contributed by atoms with Crippen LogP contribution < -0.4 is 5.32 Å². The number of halogens is 2. The Balaban J connectivity index is 0.00000113. The minimum absolute atomic E-state index is 0. The van der Waals surface area contributed by atoms with E-state index in [2.05, 4.69) is 29.2 Å². The summed E-state index contributed by atoms with van der Waals surface area (Å²) in [6, 6.07) is 0.246. The topological polar surface area (TPSA) is 50.2 Å². The number of carbonyl (C=O) groups is 1. The zero-order chi connectivity index (χ0) is 16.2. The standard InChI is InChI=1S/C18H28N4O.2ClH/c1-12-16(13(2)21(3)20-12)15-5-4-10-22(15)17(23)14-11-18(14)6-8-19-9-7-18;;/h14-15,19H,4-11H2,1-3H3;2*1H. The number of carbonyl (C=O) groups excluding carboxylic acids is 1. The lowest BCUT2D eigenvalue weighted by atomic mass is 9.91. The van der Waals surface area contributed by atoms with Gasteiger partial charge >= 0.3 is 0 Å². The second kappa shape index (κ2) is 7.45. The molecule has 2 atom stereocenters. The first-order chi connectivity index (χ1) is 11.0. The number of rotatable bonds is 2. The molecule has 1 aromatic rings. The van der Waals surface area contributed by atoms with Crippen molar-refractivity contribution in [3.05, 3.63) is 17.0 Å². The van der Waals surface area contributed by atoms with Crippen molar-refractivity contribution in [1.82, 2.24) is 20.0 Å². The fraction of sp³-hybridized carbons (Fsp3) is 0.778. The van der Waals surface area contributed by atoms with Crippen molar-refractivity contribution in [3.63, 3.8) is 0 Å². The largest absolute Gasteiger partial charge is 0.335 e. The molecule has 2 saturated heterocycles. The molecule has 3 aliphatic rings. The van der Waals surface area contributed by atoms with Gasteiger partial charge in [0.1, 0.15) is 0 Å². The lowest BCUT2D eigenvalue weighted by Crippen LogP contribution is -2.36. The molecule has 25 heavy (non-hydrogen) atoms. The number of aryl methyl sites for hydroxylation is 2. The van der Waals surface area contributed by atoms with Gasteiger partial charge in [-0.2, -0.15) is 5.10 Å². The second-order valence-electron chi connectivity index (χ2n) is 7.77. The summed E-state index contributed by atoms with van der Waals surface area (Å²) in [5.74, 6) is 0.694. The highest BCUT2D eigenvalue weighted by Crippen LogP contribution is 2.60. The summed E-state index contributed by atoms with van der Waals surface area (Å²) < 4.78 is 1.96. The zero-order valence-corrected chi connectivity index (χ0v) is 17.0. The molecular weight excluding hydrogens is 359 g/mol. The first kappa shape index (κ1) is 20.5. The fourth-order valence-corrected chi connectivity index (χ4v) is 4.98. The molecule has 0 radical (unpaired) electrons. The van der Waals surface area contributed by atoms with Crippen LogP contribution in [0.3, 0.4) is 0 Å². The lowest BCUT2D eigenvalue weighted by Gasteiger charge is -2.28. The highest BCUT2D eigenvalue weighted by molar-refractivity contribution is 5.85. The molecule has 3 heterocycles. The summed E-state index contributed by atoms with van der Waals surface area (Å²) in [7, 11) is 2.00. The number of aromatic nitrogens is 2. The van der Waals surface area contributed by atoms with Gasteiger partial charge in [-0.05, 0) is 64.5 Å². The quantitative estimate of drug-likeness (QED) is 0.846. The van der Waals surface area contributed by atoms with Crippen molar-refractivity contribution in [1.29, 1.82) is 0 Å². The van der Waals surface area contributed by atoms with Crippen molar-refractivity contribution >= 4 is 30.7 Å². The third kappa shape index (κ3) is 3.31. The summed E-state index contributed by atoms with van der Waals surface area (Å²) in [6.07, 6.45) is 5.66. The van der Waals surface area contributed by atoms with Gasteiger partial charge in [-0.15, -0.1) is 24.8 Å². The first-order valence-electron chi connectivity index (χ1n) is 9.05. The molecule has 2 unspecified atom stereocenters. The third-order valence-corrected chi connectivity index (χ3v) is 6.52. The van der Waals surface area contributed by atoms with E-state index in [0.717, 1.165) is 44.6 Å². The maximum absolute atomic E-state index is 13.2. The van der Waals surface area contributed by atoms with Crippen LogP contribution in [0.4, 0.5) is 0 Å². The van der Waals surface area contributed by atoms with E-state index in [-0.39, 0.29) is 36.8 Å². The van der Waals surface area contributed by atoms with E-state index in [1.165, 1.54) is 24.1 Å². The highest BCUT2D eigenvalue weighted by atomic mass is 35.5. The van der Waals surface area contributed by atoms with E-state index < -0.39 is 0 Å². The number of nitrogens with zero attached hydrogens (tertiary/aromatic N) is 3. The van der Waals surface area contributed by atoms with Gasteiger partial charge in [0.05, 0.1) is 11.7 Å². The Morgan fingerprint density at radius 2 is 1.92 bits per heavy atom. The van der Waals surface area contributed by atoms with E-state index in [1.807, 2.05) is 11.7 Å². The van der Waals surface area contributed by atoms with Gasteiger partial charge in [0.2, 0.25) is 5.91 Å². The highest BCUT2D eigenvalue weighted by Gasteiger charge is 2.59. The maximum atomic E-state index is 13.2. The predicted octanol–water partition coefficient (Wildman–Crippen LogP) is 2.93. The minimum atomic E-state index is 0. The lowest BCUT2D eigenvalue weighted by molar-refractivity contribution is -0.134. The molecule has 7 heteroatoms. The van der Waals surface area contributed by atoms with E-state index >= 15 is 0 Å². The number of hydrogen-bond donors (Lipinski definition) is 1. The molecule has 5 nitrogen and oxygen atoms in total. The van der Waals surface area contributed by atoms with Crippen LogP contribution in [-0.2, 0) is 11.8 Å². The molecule has 1 saturated carbocycles. The van der Waals surface area contributed by atoms with Crippen LogP contribution in [0.2, 0.25) is 0 Å². The smallest absolute Gasteiger partial charge is 0.226 e. The normalized spacial score (nSPS) is 26.9. The number of hydrogen-bond acceptors (Lipinski definition) is 3. The van der Waals surface area contributed by atoms with Crippen LogP contribution in [0.25, 0.3) is 0 Å². The Hall–Kier alpha value is -0.780. The Bertz CT molecular complexity index is 639. The van der Waals surface area contributed by atoms with Crippen molar-refractivity contribution in [2.75, 3.05) is 19.6 Å². The summed E-state index contributed by atoms with van der Waals surface area (Å²) in [4.78, 5) is 15.4. The molecule has 4 rings (SSSR count). The summed E-state index contributed by atoms with van der Waals surface area (Å²) in [6.45, 7) is 7.28. The average Bonchev–Trinajstić information content (AvgIpc) is 2.90. The van der Waals surface area contributed by atoms with Crippen molar-refractivity contribution < 1.29 is 4.79 Å². The molecule has 2 aliphatic heterocycles. The van der Waals surface area contributed by atoms with Gasteiger partial charge in [0, 0.05) is 30.8 Å². The number of amides is 1. The monoisotopic (exact) mass is 388 g/mol. The van der Waals surface area contributed by atoms with E-state index in [1.54, 1.807) is 0 Å². The molecule has 0 bridgehead atoms. The summed E-state index contributed by atoms with van der Waals surface area (Å²) in [5, 5.41) is 7.99. The number of nitrogens with one attached hydrogen (secondary N) is 1. The first-order valence-corrected chi connectivity index (χ1v) is 9.05. The number of piperidine rings is 1. The van der Waals surface area contributed by atoms with Crippen LogP contribution in [0.5, 0.6) is 0 Å². The molecule has 1 N–H and O–H groups in total. The van der Waals surface area contributed by atoms with Crippen molar-refractivity contribution in [3.8, 4) is 0 Å². The second-order valence-corrected chi connectivity index (χ2v) is 7.77. The average molecular weight is 389 g/mol. The van der Waals surface area contributed by atoms with Gasteiger partial charge in [0.15, 0.2) is 0 Å². The Morgan fingerprint density at radius 1 is 1.24 bits per heavy atom. The van der Waals surface area contributed by atoms with Crippen LogP contribution in [0.15, 0.2) is 0 Å². The fourth-order valence-electron chi connectivity index (χ4n) is 4.98.